The van der Waals surface area contributed by atoms with Gasteiger partial charge in [-0.1, -0.05) is 24.4 Å². The SMILES string of the molecule is O=C(CCCC(=O)On1ccccc1=S)On1ccccc1=O. The van der Waals surface area contributed by atoms with Crippen LogP contribution in [0.25, 0.3) is 0 Å². The van der Waals surface area contributed by atoms with E-state index in [2.05, 4.69) is 0 Å². The van der Waals surface area contributed by atoms with Crippen LogP contribution in [0.4, 0.5) is 0 Å². The normalized spacial score (nSPS) is 10.1. The van der Waals surface area contributed by atoms with Crippen LogP contribution in [0.5, 0.6) is 0 Å². The molecule has 0 saturated heterocycles. The van der Waals surface area contributed by atoms with E-state index in [-0.39, 0.29) is 19.3 Å². The first-order valence-electron chi connectivity index (χ1n) is 6.84. The Morgan fingerprint density at radius 3 is 2.09 bits per heavy atom. The van der Waals surface area contributed by atoms with E-state index in [9.17, 15) is 14.4 Å². The Morgan fingerprint density at radius 2 is 1.48 bits per heavy atom. The Hall–Kier alpha value is -2.74. The first kappa shape index (κ1) is 16.6. The van der Waals surface area contributed by atoms with Crippen LogP contribution in [0.15, 0.2) is 53.6 Å². The van der Waals surface area contributed by atoms with Crippen molar-refractivity contribution in [2.45, 2.75) is 19.3 Å². The van der Waals surface area contributed by atoms with Gasteiger partial charge in [0, 0.05) is 31.3 Å². The number of pyridine rings is 2. The standard InChI is InChI=1S/C15H14N2O5S/c18-12-6-1-3-10-16(12)21-14(19)8-5-9-15(20)22-17-11-4-2-7-13(17)23/h1-4,6-7,10-11H,5,8-9H2. The molecule has 0 amide bonds. The van der Waals surface area contributed by atoms with Gasteiger partial charge in [-0.15, -0.1) is 4.73 Å². The van der Waals surface area contributed by atoms with E-state index in [1.165, 1.54) is 29.3 Å². The Kier molecular flexibility index (Phi) is 5.81. The van der Waals surface area contributed by atoms with Gasteiger partial charge in [0.15, 0.2) is 0 Å². The highest BCUT2D eigenvalue weighted by molar-refractivity contribution is 7.71. The average molecular weight is 334 g/mol. The van der Waals surface area contributed by atoms with Crippen molar-refractivity contribution < 1.29 is 19.3 Å². The summed E-state index contributed by atoms with van der Waals surface area (Å²) in [4.78, 5) is 44.5. The van der Waals surface area contributed by atoms with E-state index in [1.54, 1.807) is 24.3 Å². The Morgan fingerprint density at radius 1 is 0.913 bits per heavy atom. The highest BCUT2D eigenvalue weighted by Gasteiger charge is 2.09. The van der Waals surface area contributed by atoms with E-state index in [0.29, 0.717) is 4.64 Å². The first-order chi connectivity index (χ1) is 11.1. The molecule has 2 aromatic rings. The molecule has 120 valence electrons. The van der Waals surface area contributed by atoms with E-state index in [1.807, 2.05) is 0 Å². The second kappa shape index (κ2) is 8.04. The topological polar surface area (TPSA) is 79.5 Å². The van der Waals surface area contributed by atoms with Gasteiger partial charge in [0.1, 0.15) is 4.64 Å². The molecule has 23 heavy (non-hydrogen) atoms. The fraction of sp³-hybridized carbons (Fsp3) is 0.200. The molecule has 2 aromatic heterocycles. The summed E-state index contributed by atoms with van der Waals surface area (Å²) in [5, 5.41) is 0. The van der Waals surface area contributed by atoms with Crippen LogP contribution >= 0.6 is 12.2 Å². The number of nitrogens with zero attached hydrogens (tertiary/aromatic N) is 2. The summed E-state index contributed by atoms with van der Waals surface area (Å²) >= 11 is 4.99. The summed E-state index contributed by atoms with van der Waals surface area (Å²) in [6, 6.07) is 9.41. The third kappa shape index (κ3) is 5.19. The quantitative estimate of drug-likeness (QED) is 0.738. The molecule has 0 N–H and O–H groups in total. The first-order valence-corrected chi connectivity index (χ1v) is 7.25. The molecule has 0 aliphatic rings. The number of hydrogen-bond acceptors (Lipinski definition) is 6. The number of carbonyl (C=O) groups excluding carboxylic acids is 2. The van der Waals surface area contributed by atoms with Crippen molar-refractivity contribution >= 4 is 24.2 Å². The minimum absolute atomic E-state index is 0.0172. The summed E-state index contributed by atoms with van der Waals surface area (Å²) < 4.78 is 2.38. The monoisotopic (exact) mass is 334 g/mol. The van der Waals surface area contributed by atoms with Crippen LogP contribution in [0.2, 0.25) is 0 Å². The van der Waals surface area contributed by atoms with Crippen LogP contribution in [0.3, 0.4) is 0 Å². The fourth-order valence-electron chi connectivity index (χ4n) is 1.66. The van der Waals surface area contributed by atoms with Gasteiger partial charge in [-0.2, -0.15) is 4.73 Å². The Balaban J connectivity index is 1.76. The number of carbonyl (C=O) groups is 2. The molecule has 0 radical (unpaired) electrons. The predicted octanol–water partition coefficient (Wildman–Crippen LogP) is 1.16. The molecular formula is C15H14N2O5S. The van der Waals surface area contributed by atoms with Crippen LogP contribution in [0, 0.1) is 4.64 Å². The van der Waals surface area contributed by atoms with Crippen molar-refractivity contribution in [2.24, 2.45) is 0 Å². The minimum atomic E-state index is -0.609. The lowest BCUT2D eigenvalue weighted by atomic mass is 10.2. The molecule has 8 heteroatoms. The lowest BCUT2D eigenvalue weighted by Crippen LogP contribution is -2.29. The lowest BCUT2D eigenvalue weighted by Gasteiger charge is -2.07. The largest absolute Gasteiger partial charge is 0.336 e. The second-order valence-electron chi connectivity index (χ2n) is 4.51. The van der Waals surface area contributed by atoms with E-state index < -0.39 is 17.5 Å². The van der Waals surface area contributed by atoms with E-state index in [4.69, 9.17) is 21.9 Å². The third-order valence-corrected chi connectivity index (χ3v) is 3.06. The maximum absolute atomic E-state index is 11.7. The third-order valence-electron chi connectivity index (χ3n) is 2.74. The lowest BCUT2D eigenvalue weighted by molar-refractivity contribution is -0.146. The molecule has 0 fully saturated rings. The molecule has 7 nitrogen and oxygen atoms in total. The zero-order valence-corrected chi connectivity index (χ0v) is 12.9. The maximum Gasteiger partial charge on any atom is 0.333 e. The highest BCUT2D eigenvalue weighted by atomic mass is 32.1. The second-order valence-corrected chi connectivity index (χ2v) is 4.93. The molecule has 0 unspecified atom stereocenters. The van der Waals surface area contributed by atoms with Gasteiger partial charge in [-0.3, -0.25) is 4.79 Å². The van der Waals surface area contributed by atoms with Crippen LogP contribution in [0.1, 0.15) is 19.3 Å². The van der Waals surface area contributed by atoms with Crippen molar-refractivity contribution in [1.29, 1.82) is 0 Å². The van der Waals surface area contributed by atoms with Crippen LogP contribution < -0.4 is 15.2 Å². The minimum Gasteiger partial charge on any atom is -0.336 e. The zero-order chi connectivity index (χ0) is 16.7. The summed E-state index contributed by atoms with van der Waals surface area (Å²) in [6.07, 6.45) is 3.10. The van der Waals surface area contributed by atoms with Crippen molar-refractivity contribution in [1.82, 2.24) is 9.46 Å². The Bertz CT molecular complexity index is 744. The van der Waals surface area contributed by atoms with Gasteiger partial charge in [0.05, 0.1) is 0 Å². The van der Waals surface area contributed by atoms with E-state index in [0.717, 1.165) is 4.73 Å². The highest BCUT2D eigenvalue weighted by Crippen LogP contribution is 1.99. The van der Waals surface area contributed by atoms with Crippen molar-refractivity contribution in [3.05, 3.63) is 63.8 Å². The summed E-state index contributed by atoms with van der Waals surface area (Å²) in [5.41, 5.74) is -0.446. The molecule has 0 aliphatic carbocycles. The average Bonchev–Trinajstić information content (AvgIpc) is 2.52. The van der Waals surface area contributed by atoms with Crippen LogP contribution in [-0.4, -0.2) is 21.4 Å². The zero-order valence-electron chi connectivity index (χ0n) is 12.1. The van der Waals surface area contributed by atoms with Gasteiger partial charge in [0.25, 0.3) is 5.56 Å². The summed E-state index contributed by atoms with van der Waals surface area (Å²) in [7, 11) is 0. The molecule has 2 heterocycles. The molecule has 0 atom stereocenters. The fourth-order valence-corrected chi connectivity index (χ4v) is 1.84. The van der Waals surface area contributed by atoms with Crippen molar-refractivity contribution in [2.75, 3.05) is 0 Å². The van der Waals surface area contributed by atoms with E-state index >= 15 is 0 Å². The predicted molar refractivity (Wildman–Crippen MR) is 83.0 cm³/mol. The smallest absolute Gasteiger partial charge is 0.333 e. The maximum atomic E-state index is 11.7. The Labute approximate surface area is 136 Å². The molecule has 0 aromatic carbocycles. The van der Waals surface area contributed by atoms with Gasteiger partial charge in [-0.25, -0.2) is 9.59 Å². The number of hydrogen-bond donors (Lipinski definition) is 0. The summed E-state index contributed by atoms with van der Waals surface area (Å²) in [6.45, 7) is 0. The molecule has 0 saturated carbocycles. The van der Waals surface area contributed by atoms with Gasteiger partial charge in [-0.05, 0) is 24.6 Å². The molecule has 0 bridgehead atoms. The summed E-state index contributed by atoms with van der Waals surface area (Å²) in [5.74, 6) is -1.13. The molecule has 0 spiro atoms. The molecule has 0 aliphatic heterocycles. The molecule has 2 rings (SSSR count). The van der Waals surface area contributed by atoms with Gasteiger partial charge in [0.2, 0.25) is 0 Å². The molecular weight excluding hydrogens is 320 g/mol. The van der Waals surface area contributed by atoms with Crippen molar-refractivity contribution in [3.63, 3.8) is 0 Å². The number of aromatic nitrogens is 2. The van der Waals surface area contributed by atoms with Crippen LogP contribution in [-0.2, 0) is 9.59 Å². The van der Waals surface area contributed by atoms with Gasteiger partial charge >= 0.3 is 11.9 Å². The van der Waals surface area contributed by atoms with Crippen molar-refractivity contribution in [3.8, 4) is 0 Å². The number of rotatable bonds is 6. The van der Waals surface area contributed by atoms with Gasteiger partial charge < -0.3 is 9.68 Å².